The Morgan fingerprint density at radius 1 is 1.28 bits per heavy atom. The Labute approximate surface area is 107 Å². The lowest BCUT2D eigenvalue weighted by Gasteiger charge is -2.41. The number of hydrogen-bond acceptors (Lipinski definition) is 2. The van der Waals surface area contributed by atoms with Gasteiger partial charge in [0.25, 0.3) is 0 Å². The molecule has 0 radical (unpaired) electrons. The number of hydrogen-bond donors (Lipinski definition) is 1. The summed E-state index contributed by atoms with van der Waals surface area (Å²) in [4.78, 5) is 2.13. The van der Waals surface area contributed by atoms with Crippen molar-refractivity contribution < 1.29 is 8.78 Å². The smallest absolute Gasteiger partial charge is 0.130 e. The molecule has 1 fully saturated rings. The van der Waals surface area contributed by atoms with Crippen LogP contribution >= 0.6 is 0 Å². The summed E-state index contributed by atoms with van der Waals surface area (Å²) >= 11 is 0. The molecule has 2 rings (SSSR count). The fraction of sp³-hybridized carbons (Fsp3) is 0.571. The Morgan fingerprint density at radius 3 is 2.44 bits per heavy atom. The van der Waals surface area contributed by atoms with Gasteiger partial charge in [-0.15, -0.1) is 0 Å². The highest BCUT2D eigenvalue weighted by Gasteiger charge is 2.32. The van der Waals surface area contributed by atoms with Crippen molar-refractivity contribution in [3.8, 4) is 0 Å². The number of benzene rings is 1. The number of nitrogens with two attached hydrogens (primary N) is 1. The van der Waals surface area contributed by atoms with Crippen LogP contribution in [0, 0.1) is 11.6 Å². The predicted molar refractivity (Wildman–Crippen MR) is 68.2 cm³/mol. The number of nitrogens with zero attached hydrogens (tertiary/aromatic N) is 1. The molecule has 0 amide bonds. The zero-order valence-corrected chi connectivity index (χ0v) is 10.9. The van der Waals surface area contributed by atoms with Gasteiger partial charge in [0.1, 0.15) is 11.6 Å². The molecule has 0 aliphatic carbocycles. The number of piperidine rings is 1. The van der Waals surface area contributed by atoms with E-state index in [1.165, 1.54) is 18.2 Å². The molecule has 100 valence electrons. The van der Waals surface area contributed by atoms with Crippen LogP contribution in [0.3, 0.4) is 0 Å². The highest BCUT2D eigenvalue weighted by molar-refractivity contribution is 5.24. The average molecular weight is 254 g/mol. The lowest BCUT2D eigenvalue weighted by molar-refractivity contribution is 0.0964. The molecule has 1 unspecified atom stereocenters. The maximum absolute atomic E-state index is 13.9. The Kier molecular flexibility index (Phi) is 3.97. The van der Waals surface area contributed by atoms with Crippen LogP contribution in [0.1, 0.15) is 38.3 Å². The summed E-state index contributed by atoms with van der Waals surface area (Å²) in [5.74, 6) is -0.945. The van der Waals surface area contributed by atoms with Crippen LogP contribution < -0.4 is 5.73 Å². The Hall–Kier alpha value is -1.00. The maximum Gasteiger partial charge on any atom is 0.130 e. The van der Waals surface area contributed by atoms with Crippen LogP contribution in [0.15, 0.2) is 18.2 Å². The molecule has 0 saturated carbocycles. The van der Waals surface area contributed by atoms with E-state index >= 15 is 0 Å². The van der Waals surface area contributed by atoms with Gasteiger partial charge >= 0.3 is 0 Å². The van der Waals surface area contributed by atoms with E-state index < -0.39 is 11.6 Å². The van der Waals surface area contributed by atoms with Crippen molar-refractivity contribution in [2.75, 3.05) is 6.54 Å². The minimum Gasteiger partial charge on any atom is -0.328 e. The molecule has 2 nitrogen and oxygen atoms in total. The molecule has 1 heterocycles. The van der Waals surface area contributed by atoms with E-state index in [9.17, 15) is 8.78 Å². The molecule has 18 heavy (non-hydrogen) atoms. The van der Waals surface area contributed by atoms with Crippen LogP contribution in [-0.4, -0.2) is 23.5 Å². The van der Waals surface area contributed by atoms with E-state index in [0.717, 1.165) is 13.0 Å². The van der Waals surface area contributed by atoms with Gasteiger partial charge in [-0.1, -0.05) is 6.07 Å². The van der Waals surface area contributed by atoms with Crippen molar-refractivity contribution in [2.45, 2.75) is 44.8 Å². The van der Waals surface area contributed by atoms with E-state index in [1.807, 2.05) is 13.8 Å². The first-order chi connectivity index (χ1) is 8.50. The summed E-state index contributed by atoms with van der Waals surface area (Å²) in [6.45, 7) is 4.88. The number of likely N-dealkylation sites (tertiary alicyclic amines) is 1. The fourth-order valence-electron chi connectivity index (χ4n) is 2.74. The summed E-state index contributed by atoms with van der Waals surface area (Å²) in [6.07, 6.45) is 1.49. The lowest BCUT2D eigenvalue weighted by Crippen LogP contribution is -2.45. The van der Waals surface area contributed by atoms with Crippen molar-refractivity contribution in [1.29, 1.82) is 0 Å². The topological polar surface area (TPSA) is 29.3 Å². The zero-order chi connectivity index (χ0) is 13.3. The summed E-state index contributed by atoms with van der Waals surface area (Å²) in [6, 6.07) is 4.05. The van der Waals surface area contributed by atoms with Crippen LogP contribution in [-0.2, 0) is 0 Å². The van der Waals surface area contributed by atoms with Crippen molar-refractivity contribution in [2.24, 2.45) is 5.73 Å². The van der Waals surface area contributed by atoms with Crippen molar-refractivity contribution in [3.05, 3.63) is 35.4 Å². The van der Waals surface area contributed by atoms with Gasteiger partial charge in [0.05, 0.1) is 0 Å². The SMILES string of the molecule is CC(C)N1CCC(N)C[C@H]1c1c(F)cccc1F. The monoisotopic (exact) mass is 254 g/mol. The normalized spacial score (nSPS) is 25.7. The molecule has 4 heteroatoms. The third kappa shape index (κ3) is 2.54. The quantitative estimate of drug-likeness (QED) is 0.879. The third-order valence-electron chi connectivity index (χ3n) is 3.68. The summed E-state index contributed by atoms with van der Waals surface area (Å²) in [7, 11) is 0. The van der Waals surface area contributed by atoms with E-state index in [2.05, 4.69) is 4.90 Å². The summed E-state index contributed by atoms with van der Waals surface area (Å²) < 4.78 is 27.8. The van der Waals surface area contributed by atoms with Gasteiger partial charge < -0.3 is 5.73 Å². The summed E-state index contributed by atoms with van der Waals surface area (Å²) in [5.41, 5.74) is 6.12. The minimum absolute atomic E-state index is 0.0176. The fourth-order valence-corrected chi connectivity index (χ4v) is 2.74. The molecule has 0 spiro atoms. The van der Waals surface area contributed by atoms with Gasteiger partial charge in [0, 0.05) is 30.2 Å². The van der Waals surface area contributed by atoms with Gasteiger partial charge in [-0.05, 0) is 38.8 Å². The Morgan fingerprint density at radius 2 is 1.89 bits per heavy atom. The molecule has 2 atom stereocenters. The molecule has 0 bridgehead atoms. The number of halogens is 2. The molecule has 1 aromatic carbocycles. The first-order valence-electron chi connectivity index (χ1n) is 6.46. The Balaban J connectivity index is 2.38. The largest absolute Gasteiger partial charge is 0.328 e. The molecule has 1 aromatic rings. The molecule has 0 aromatic heterocycles. The summed E-state index contributed by atoms with van der Waals surface area (Å²) in [5, 5.41) is 0. The van der Waals surface area contributed by atoms with Crippen LogP contribution in [0.25, 0.3) is 0 Å². The highest BCUT2D eigenvalue weighted by atomic mass is 19.1. The standard InChI is InChI=1S/C14H20F2N2/c1-9(2)18-7-6-10(17)8-13(18)14-11(15)4-3-5-12(14)16/h3-5,9-10,13H,6-8,17H2,1-2H3/t10?,13-/m0/s1. The highest BCUT2D eigenvalue weighted by Crippen LogP contribution is 2.34. The third-order valence-corrected chi connectivity index (χ3v) is 3.68. The van der Waals surface area contributed by atoms with Gasteiger partial charge in [-0.3, -0.25) is 4.90 Å². The second kappa shape index (κ2) is 5.33. The first-order valence-corrected chi connectivity index (χ1v) is 6.46. The van der Waals surface area contributed by atoms with Gasteiger partial charge in [-0.2, -0.15) is 0 Å². The van der Waals surface area contributed by atoms with Gasteiger partial charge in [0.15, 0.2) is 0 Å². The van der Waals surface area contributed by atoms with Crippen molar-refractivity contribution in [1.82, 2.24) is 4.90 Å². The first kappa shape index (κ1) is 13.4. The minimum atomic E-state index is -0.472. The Bertz CT molecular complexity index is 400. The molecule has 1 saturated heterocycles. The molecule has 1 aliphatic rings. The average Bonchev–Trinajstić information content (AvgIpc) is 2.28. The van der Waals surface area contributed by atoms with Gasteiger partial charge in [-0.25, -0.2) is 8.78 Å². The second-order valence-corrected chi connectivity index (χ2v) is 5.27. The number of rotatable bonds is 2. The second-order valence-electron chi connectivity index (χ2n) is 5.27. The van der Waals surface area contributed by atoms with E-state index in [1.54, 1.807) is 0 Å². The van der Waals surface area contributed by atoms with Crippen LogP contribution in [0.2, 0.25) is 0 Å². The molecular formula is C14H20F2N2. The predicted octanol–water partition coefficient (Wildman–Crippen LogP) is 2.84. The van der Waals surface area contributed by atoms with E-state index in [0.29, 0.717) is 6.42 Å². The molecule has 2 N–H and O–H groups in total. The van der Waals surface area contributed by atoms with Crippen molar-refractivity contribution >= 4 is 0 Å². The van der Waals surface area contributed by atoms with Crippen molar-refractivity contribution in [3.63, 3.8) is 0 Å². The van der Waals surface area contributed by atoms with Crippen LogP contribution in [0.5, 0.6) is 0 Å². The zero-order valence-electron chi connectivity index (χ0n) is 10.9. The lowest BCUT2D eigenvalue weighted by atomic mass is 9.90. The van der Waals surface area contributed by atoms with E-state index in [4.69, 9.17) is 5.73 Å². The van der Waals surface area contributed by atoms with E-state index in [-0.39, 0.29) is 23.7 Å². The van der Waals surface area contributed by atoms with Crippen LogP contribution in [0.4, 0.5) is 8.78 Å². The maximum atomic E-state index is 13.9. The van der Waals surface area contributed by atoms with Gasteiger partial charge in [0.2, 0.25) is 0 Å². The molecule has 1 aliphatic heterocycles. The molecular weight excluding hydrogens is 234 g/mol.